The average molecular weight is 422 g/mol. The molecule has 130 valence electrons. The minimum Gasteiger partial charge on any atom is -0.451 e. The normalized spacial score (nSPS) is 11.6. The first-order chi connectivity index (χ1) is 11.8. The van der Waals surface area contributed by atoms with E-state index in [9.17, 15) is 13.2 Å². The largest absolute Gasteiger partial charge is 0.451 e. The van der Waals surface area contributed by atoms with Gasteiger partial charge in [0.05, 0.1) is 5.75 Å². The molecule has 25 heavy (non-hydrogen) atoms. The van der Waals surface area contributed by atoms with Crippen molar-refractivity contribution in [3.63, 3.8) is 0 Å². The van der Waals surface area contributed by atoms with Crippen LogP contribution in [0.4, 0.5) is 0 Å². The summed E-state index contributed by atoms with van der Waals surface area (Å²) in [5, 5.41) is 3.42. The van der Waals surface area contributed by atoms with Gasteiger partial charge in [0.15, 0.2) is 15.6 Å². The molecule has 0 saturated carbocycles. The lowest BCUT2D eigenvalue weighted by Crippen LogP contribution is -2.23. The zero-order chi connectivity index (χ0) is 18.0. The molecule has 0 atom stereocenters. The molecule has 7 heteroatoms. The third-order valence-electron chi connectivity index (χ3n) is 3.65. The van der Waals surface area contributed by atoms with E-state index in [-0.39, 0.29) is 11.5 Å². The van der Waals surface area contributed by atoms with Gasteiger partial charge in [0.25, 0.3) is 5.91 Å². The van der Waals surface area contributed by atoms with Crippen LogP contribution in [0.5, 0.6) is 0 Å². The van der Waals surface area contributed by atoms with Crippen LogP contribution in [0.3, 0.4) is 0 Å². The maximum Gasteiger partial charge on any atom is 0.287 e. The van der Waals surface area contributed by atoms with E-state index < -0.39 is 15.7 Å². The number of hydrogen-bond donors (Lipinski definition) is 1. The van der Waals surface area contributed by atoms with Crippen molar-refractivity contribution in [3.05, 3.63) is 69.9 Å². The number of rotatable bonds is 5. The first-order valence-electron chi connectivity index (χ1n) is 7.54. The van der Waals surface area contributed by atoms with Crippen LogP contribution in [-0.2, 0) is 22.1 Å². The zero-order valence-electron chi connectivity index (χ0n) is 13.5. The maximum atomic E-state index is 12.6. The molecule has 1 N–H and O–H groups in total. The fourth-order valence-electron chi connectivity index (χ4n) is 2.60. The number of carbonyl (C=O) groups excluding carboxylic acids is 1. The van der Waals surface area contributed by atoms with Crippen LogP contribution in [0, 0.1) is 0 Å². The first kappa shape index (κ1) is 17.7. The molecule has 3 aromatic rings. The summed E-state index contributed by atoms with van der Waals surface area (Å²) >= 11 is 3.38. The summed E-state index contributed by atoms with van der Waals surface area (Å²) in [7, 11) is -3.31. The van der Waals surface area contributed by atoms with Crippen LogP contribution in [-0.4, -0.2) is 20.6 Å². The molecule has 1 aromatic heterocycles. The molecule has 1 amide bonds. The quantitative estimate of drug-likeness (QED) is 0.681. The topological polar surface area (TPSA) is 76.4 Å². The summed E-state index contributed by atoms with van der Waals surface area (Å²) in [4.78, 5) is 12.6. The number of sulfone groups is 1. The van der Waals surface area contributed by atoms with E-state index in [0.29, 0.717) is 23.1 Å². The number of nitrogens with one attached hydrogen (secondary N) is 1. The van der Waals surface area contributed by atoms with Gasteiger partial charge in [-0.05, 0) is 23.8 Å². The van der Waals surface area contributed by atoms with Crippen LogP contribution in [0.1, 0.15) is 21.7 Å². The van der Waals surface area contributed by atoms with Gasteiger partial charge in [-0.15, -0.1) is 0 Å². The Labute approximate surface area is 154 Å². The minimum absolute atomic E-state index is 0.0432. The molecule has 1 heterocycles. The molecule has 0 aliphatic rings. The Hall–Kier alpha value is -2.12. The van der Waals surface area contributed by atoms with E-state index in [2.05, 4.69) is 21.2 Å². The number of carbonyl (C=O) groups is 1. The highest BCUT2D eigenvalue weighted by Crippen LogP contribution is 2.27. The van der Waals surface area contributed by atoms with Crippen molar-refractivity contribution >= 4 is 42.6 Å². The Bertz CT molecular complexity index is 1040. The third kappa shape index (κ3) is 4.29. The van der Waals surface area contributed by atoms with Crippen molar-refractivity contribution in [1.82, 2.24) is 5.32 Å². The molecule has 0 fully saturated rings. The van der Waals surface area contributed by atoms with E-state index >= 15 is 0 Å². The lowest BCUT2D eigenvalue weighted by molar-refractivity contribution is 0.0924. The van der Waals surface area contributed by atoms with Gasteiger partial charge < -0.3 is 9.73 Å². The van der Waals surface area contributed by atoms with Crippen molar-refractivity contribution in [2.45, 2.75) is 12.3 Å². The number of benzene rings is 2. The molecule has 0 radical (unpaired) electrons. The zero-order valence-corrected chi connectivity index (χ0v) is 15.9. The average Bonchev–Trinajstić information content (AvgIpc) is 2.90. The van der Waals surface area contributed by atoms with Crippen LogP contribution < -0.4 is 5.32 Å². The summed E-state index contributed by atoms with van der Waals surface area (Å²) in [5.41, 5.74) is 1.81. The maximum absolute atomic E-state index is 12.6. The van der Waals surface area contributed by atoms with Gasteiger partial charge in [-0.25, -0.2) is 8.42 Å². The van der Waals surface area contributed by atoms with Crippen molar-refractivity contribution in [3.8, 4) is 0 Å². The second-order valence-electron chi connectivity index (χ2n) is 5.79. The minimum atomic E-state index is -3.31. The second-order valence-corrected chi connectivity index (χ2v) is 8.84. The first-order valence-corrected chi connectivity index (χ1v) is 10.4. The Morgan fingerprint density at radius 3 is 2.64 bits per heavy atom. The van der Waals surface area contributed by atoms with Crippen LogP contribution in [0.2, 0.25) is 0 Å². The number of fused-ring (bicyclic) bond motifs is 1. The molecule has 0 aliphatic carbocycles. The molecule has 5 nitrogen and oxygen atoms in total. The molecule has 0 unspecified atom stereocenters. The summed E-state index contributed by atoms with van der Waals surface area (Å²) in [6.07, 6.45) is 1.14. The van der Waals surface area contributed by atoms with Crippen LogP contribution in [0.25, 0.3) is 11.0 Å². The van der Waals surface area contributed by atoms with E-state index in [1.807, 2.05) is 24.3 Å². The summed E-state index contributed by atoms with van der Waals surface area (Å²) in [5.74, 6) is -0.639. The van der Waals surface area contributed by atoms with Crippen molar-refractivity contribution in [2.75, 3.05) is 6.26 Å². The van der Waals surface area contributed by atoms with E-state index in [0.717, 1.165) is 16.3 Å². The Morgan fingerprint density at radius 2 is 1.92 bits per heavy atom. The molecule has 0 saturated heterocycles. The molecular formula is C18H16BrNO4S. The van der Waals surface area contributed by atoms with Gasteiger partial charge in [0.1, 0.15) is 5.58 Å². The van der Waals surface area contributed by atoms with Crippen LogP contribution in [0.15, 0.2) is 57.4 Å². The lowest BCUT2D eigenvalue weighted by Gasteiger charge is -2.06. The molecule has 0 spiro atoms. The Morgan fingerprint density at radius 1 is 1.16 bits per heavy atom. The Kier molecular flexibility index (Phi) is 4.96. The lowest BCUT2D eigenvalue weighted by atomic mass is 10.1. The van der Waals surface area contributed by atoms with E-state index in [1.165, 1.54) is 0 Å². The second kappa shape index (κ2) is 7.01. The van der Waals surface area contributed by atoms with Crippen molar-refractivity contribution in [1.29, 1.82) is 0 Å². The number of amides is 1. The molecule has 0 aliphatic heterocycles. The van der Waals surface area contributed by atoms with Crippen molar-refractivity contribution < 1.29 is 17.6 Å². The van der Waals surface area contributed by atoms with Gasteiger partial charge >= 0.3 is 0 Å². The standard InChI is InChI=1S/C18H16BrNO4S/c1-25(22,23)11-15-14-7-2-3-8-16(14)24-17(15)18(21)20-10-12-5-4-6-13(19)9-12/h2-9H,10-11H2,1H3,(H,20,21). The third-order valence-corrected chi connectivity index (χ3v) is 4.96. The Balaban J connectivity index is 1.91. The van der Waals surface area contributed by atoms with Gasteiger partial charge in [0, 0.05) is 28.2 Å². The highest BCUT2D eigenvalue weighted by Gasteiger charge is 2.23. The van der Waals surface area contributed by atoms with E-state index in [4.69, 9.17) is 4.42 Å². The number of para-hydroxylation sites is 1. The number of hydrogen-bond acceptors (Lipinski definition) is 4. The van der Waals surface area contributed by atoms with Crippen LogP contribution >= 0.6 is 15.9 Å². The fraction of sp³-hybridized carbons (Fsp3) is 0.167. The molecule has 0 bridgehead atoms. The highest BCUT2D eigenvalue weighted by atomic mass is 79.9. The summed E-state index contributed by atoms with van der Waals surface area (Å²) < 4.78 is 30.1. The summed E-state index contributed by atoms with van der Waals surface area (Å²) in [6.45, 7) is 0.313. The van der Waals surface area contributed by atoms with Gasteiger partial charge in [0.2, 0.25) is 0 Å². The van der Waals surface area contributed by atoms with Gasteiger partial charge in [-0.2, -0.15) is 0 Å². The molecule has 3 rings (SSSR count). The predicted octanol–water partition coefficient (Wildman–Crippen LogP) is 3.67. The van der Waals surface area contributed by atoms with E-state index in [1.54, 1.807) is 24.3 Å². The van der Waals surface area contributed by atoms with Gasteiger partial charge in [-0.1, -0.05) is 46.3 Å². The summed E-state index contributed by atoms with van der Waals surface area (Å²) in [6, 6.07) is 14.6. The predicted molar refractivity (Wildman–Crippen MR) is 100 cm³/mol. The monoisotopic (exact) mass is 421 g/mol. The highest BCUT2D eigenvalue weighted by molar-refractivity contribution is 9.10. The fourth-order valence-corrected chi connectivity index (χ4v) is 3.85. The van der Waals surface area contributed by atoms with Gasteiger partial charge in [-0.3, -0.25) is 4.79 Å². The number of halogens is 1. The van der Waals surface area contributed by atoms with Crippen molar-refractivity contribution in [2.24, 2.45) is 0 Å². The SMILES string of the molecule is CS(=O)(=O)Cc1c(C(=O)NCc2cccc(Br)c2)oc2ccccc12. The number of furan rings is 1. The smallest absolute Gasteiger partial charge is 0.287 e. The molecule has 2 aromatic carbocycles. The molecular weight excluding hydrogens is 406 g/mol.